The predicted molar refractivity (Wildman–Crippen MR) is 139 cm³/mol. The highest BCUT2D eigenvalue weighted by Gasteiger charge is 2.28. The second-order valence-electron chi connectivity index (χ2n) is 9.87. The average Bonchev–Trinajstić information content (AvgIpc) is 3.59. The van der Waals surface area contributed by atoms with Gasteiger partial charge in [-0.2, -0.15) is 5.10 Å². The Kier molecular flexibility index (Phi) is 8.84. The molecule has 1 aliphatic rings. The molecule has 1 atom stereocenters. The van der Waals surface area contributed by atoms with Crippen LogP contribution in [0.3, 0.4) is 0 Å². The molecule has 0 unspecified atom stereocenters. The fourth-order valence-electron chi connectivity index (χ4n) is 4.08. The van der Waals surface area contributed by atoms with Gasteiger partial charge >= 0.3 is 0 Å². The van der Waals surface area contributed by atoms with E-state index in [0.29, 0.717) is 54.8 Å². The number of aliphatic hydroxyl groups excluding tert-OH is 1. The third-order valence-corrected chi connectivity index (χ3v) is 6.32. The molecule has 2 aromatic carbocycles. The van der Waals surface area contributed by atoms with Crippen molar-refractivity contribution in [3.8, 4) is 17.3 Å². The Balaban J connectivity index is 1.61. The Morgan fingerprint density at radius 2 is 1.80 bits per heavy atom. The number of halogens is 1. The van der Waals surface area contributed by atoms with Crippen molar-refractivity contribution >= 4 is 11.6 Å². The number of para-hydroxylation sites is 2. The summed E-state index contributed by atoms with van der Waals surface area (Å²) < 4.78 is 14.0. The number of hydrogen-bond donors (Lipinski definition) is 1. The van der Waals surface area contributed by atoms with Crippen molar-refractivity contribution in [2.45, 2.75) is 46.3 Å². The lowest BCUT2D eigenvalue weighted by Crippen LogP contribution is -2.36. The molecule has 188 valence electrons. The van der Waals surface area contributed by atoms with Crippen LogP contribution in [-0.2, 0) is 11.3 Å². The van der Waals surface area contributed by atoms with E-state index in [1.807, 2.05) is 66.2 Å². The highest BCUT2D eigenvalue weighted by molar-refractivity contribution is 6.32. The van der Waals surface area contributed by atoms with Crippen LogP contribution in [0.5, 0.6) is 11.6 Å². The van der Waals surface area contributed by atoms with Crippen molar-refractivity contribution in [2.24, 2.45) is 11.8 Å². The molecule has 6 nitrogen and oxygen atoms in total. The molecule has 1 aromatic heterocycles. The largest absolute Gasteiger partial charge is 0.437 e. The van der Waals surface area contributed by atoms with Crippen LogP contribution < -0.4 is 4.74 Å². The second-order valence-corrected chi connectivity index (χ2v) is 10.3. The van der Waals surface area contributed by atoms with Crippen molar-refractivity contribution in [2.75, 3.05) is 26.3 Å². The molecule has 1 heterocycles. The summed E-state index contributed by atoms with van der Waals surface area (Å²) in [6, 6.07) is 17.4. The Hall–Kier alpha value is -2.38. The highest BCUT2D eigenvalue weighted by atomic mass is 35.5. The number of rotatable bonds is 13. The second kappa shape index (κ2) is 12.0. The summed E-state index contributed by atoms with van der Waals surface area (Å²) in [7, 11) is 0. The number of benzene rings is 2. The standard InChI is InChI=1S/C28H36ClN3O3/c1-20(2)18-34-19-24(33)16-31(15-22-13-14-22)17-25-21(3)30-32(23-9-5-4-6-10-23)28(25)35-27-12-8-7-11-26(27)29/h4-12,20,22,24,33H,13-19H2,1-3H3/t24-/m0/s1. The van der Waals surface area contributed by atoms with Gasteiger partial charge in [-0.15, -0.1) is 0 Å². The molecular weight excluding hydrogens is 462 g/mol. The molecule has 7 heteroatoms. The third-order valence-electron chi connectivity index (χ3n) is 6.01. The zero-order valence-corrected chi connectivity index (χ0v) is 21.6. The van der Waals surface area contributed by atoms with E-state index in [1.54, 1.807) is 0 Å². The Bertz CT molecular complexity index is 1080. The van der Waals surface area contributed by atoms with Gasteiger partial charge in [0.05, 0.1) is 34.7 Å². The fourth-order valence-corrected chi connectivity index (χ4v) is 4.26. The smallest absolute Gasteiger partial charge is 0.227 e. The van der Waals surface area contributed by atoms with E-state index >= 15 is 0 Å². The first kappa shape index (κ1) is 25.7. The predicted octanol–water partition coefficient (Wildman–Crippen LogP) is 5.87. The van der Waals surface area contributed by atoms with Crippen molar-refractivity contribution in [1.82, 2.24) is 14.7 Å². The van der Waals surface area contributed by atoms with E-state index in [2.05, 4.69) is 18.7 Å². The molecule has 1 aliphatic carbocycles. The summed E-state index contributed by atoms with van der Waals surface area (Å²) in [5.41, 5.74) is 2.80. The van der Waals surface area contributed by atoms with E-state index in [0.717, 1.165) is 23.5 Å². The number of aromatic nitrogens is 2. The number of hydrogen-bond acceptors (Lipinski definition) is 5. The average molecular weight is 498 g/mol. The van der Waals surface area contributed by atoms with Gasteiger partial charge in [-0.25, -0.2) is 4.68 Å². The molecule has 0 saturated heterocycles. The van der Waals surface area contributed by atoms with Gasteiger partial charge in [-0.1, -0.05) is 55.8 Å². The number of aryl methyl sites for hydroxylation is 1. The van der Waals surface area contributed by atoms with Crippen LogP contribution in [-0.4, -0.2) is 52.2 Å². The van der Waals surface area contributed by atoms with Crippen molar-refractivity contribution in [3.05, 3.63) is 70.9 Å². The lowest BCUT2D eigenvalue weighted by molar-refractivity contribution is 0.00609. The van der Waals surface area contributed by atoms with Gasteiger partial charge in [0.15, 0.2) is 0 Å². The molecule has 1 saturated carbocycles. The minimum atomic E-state index is -0.551. The van der Waals surface area contributed by atoms with Crippen molar-refractivity contribution in [1.29, 1.82) is 0 Å². The molecule has 0 amide bonds. The van der Waals surface area contributed by atoms with Gasteiger partial charge in [0.25, 0.3) is 0 Å². The molecular formula is C28H36ClN3O3. The van der Waals surface area contributed by atoms with Crippen LogP contribution in [0.2, 0.25) is 5.02 Å². The molecule has 35 heavy (non-hydrogen) atoms. The molecule has 4 rings (SSSR count). The molecule has 1 N–H and O–H groups in total. The van der Waals surface area contributed by atoms with E-state index in [-0.39, 0.29) is 0 Å². The first-order valence-electron chi connectivity index (χ1n) is 12.4. The SMILES string of the molecule is Cc1nn(-c2ccccc2)c(Oc2ccccc2Cl)c1CN(CC1CC1)C[C@H](O)COCC(C)C. The zero-order valence-electron chi connectivity index (χ0n) is 20.9. The highest BCUT2D eigenvalue weighted by Crippen LogP contribution is 2.36. The van der Waals surface area contributed by atoms with Gasteiger partial charge in [-0.05, 0) is 55.9 Å². The Morgan fingerprint density at radius 1 is 1.09 bits per heavy atom. The van der Waals surface area contributed by atoms with Gasteiger partial charge < -0.3 is 14.6 Å². The lowest BCUT2D eigenvalue weighted by Gasteiger charge is -2.25. The molecule has 0 spiro atoms. The summed E-state index contributed by atoms with van der Waals surface area (Å²) in [6.07, 6.45) is 1.92. The van der Waals surface area contributed by atoms with Crippen LogP contribution in [0.4, 0.5) is 0 Å². The van der Waals surface area contributed by atoms with Gasteiger partial charge in [0, 0.05) is 26.2 Å². The van der Waals surface area contributed by atoms with E-state index in [1.165, 1.54) is 12.8 Å². The number of ether oxygens (including phenoxy) is 2. The maximum absolute atomic E-state index is 10.7. The maximum Gasteiger partial charge on any atom is 0.227 e. The van der Waals surface area contributed by atoms with Gasteiger partial charge in [0.1, 0.15) is 5.75 Å². The molecule has 0 bridgehead atoms. The van der Waals surface area contributed by atoms with Crippen LogP contribution in [0, 0.1) is 18.8 Å². The van der Waals surface area contributed by atoms with Crippen LogP contribution in [0.15, 0.2) is 54.6 Å². The van der Waals surface area contributed by atoms with Crippen molar-refractivity contribution < 1.29 is 14.6 Å². The minimum absolute atomic E-state index is 0.338. The molecule has 3 aromatic rings. The Morgan fingerprint density at radius 3 is 2.49 bits per heavy atom. The summed E-state index contributed by atoms with van der Waals surface area (Å²) in [4.78, 5) is 2.31. The first-order chi connectivity index (χ1) is 16.9. The molecule has 0 aliphatic heterocycles. The minimum Gasteiger partial charge on any atom is -0.437 e. The number of nitrogens with zero attached hydrogens (tertiary/aromatic N) is 3. The number of aliphatic hydroxyl groups is 1. The maximum atomic E-state index is 10.7. The lowest BCUT2D eigenvalue weighted by atomic mass is 10.2. The molecule has 0 radical (unpaired) electrons. The quantitative estimate of drug-likeness (QED) is 0.320. The monoisotopic (exact) mass is 497 g/mol. The summed E-state index contributed by atoms with van der Waals surface area (Å²) in [5.74, 6) is 2.36. The summed E-state index contributed by atoms with van der Waals surface area (Å²) >= 11 is 6.44. The van der Waals surface area contributed by atoms with Crippen LogP contribution >= 0.6 is 11.6 Å². The van der Waals surface area contributed by atoms with E-state index in [4.69, 9.17) is 26.2 Å². The normalized spacial score (nSPS) is 14.6. The zero-order chi connectivity index (χ0) is 24.8. The Labute approximate surface area is 213 Å². The first-order valence-corrected chi connectivity index (χ1v) is 12.8. The van der Waals surface area contributed by atoms with E-state index in [9.17, 15) is 5.11 Å². The van der Waals surface area contributed by atoms with Crippen LogP contribution in [0.25, 0.3) is 5.69 Å². The van der Waals surface area contributed by atoms with Crippen molar-refractivity contribution in [3.63, 3.8) is 0 Å². The summed E-state index contributed by atoms with van der Waals surface area (Å²) in [5, 5.41) is 16.1. The molecule has 1 fully saturated rings. The topological polar surface area (TPSA) is 59.8 Å². The van der Waals surface area contributed by atoms with E-state index < -0.39 is 6.10 Å². The summed E-state index contributed by atoms with van der Waals surface area (Å²) in [6.45, 7) is 9.31. The fraction of sp³-hybridized carbons (Fsp3) is 0.464. The van der Waals surface area contributed by atoms with Gasteiger partial charge in [0.2, 0.25) is 5.88 Å². The van der Waals surface area contributed by atoms with Crippen LogP contribution in [0.1, 0.15) is 37.9 Å². The van der Waals surface area contributed by atoms with Gasteiger partial charge in [-0.3, -0.25) is 4.90 Å². The third kappa shape index (κ3) is 7.31.